The number of carbonyl (C=O) groups excluding carboxylic acids is 1. The fourth-order valence-electron chi connectivity index (χ4n) is 2.49. The van der Waals surface area contributed by atoms with Gasteiger partial charge in [-0.25, -0.2) is 4.39 Å². The van der Waals surface area contributed by atoms with Gasteiger partial charge in [0, 0.05) is 31.2 Å². The molecule has 0 unspecified atom stereocenters. The number of amides is 1. The van der Waals surface area contributed by atoms with E-state index in [4.69, 9.17) is 0 Å². The Morgan fingerprint density at radius 3 is 2.82 bits per heavy atom. The Bertz CT molecular complexity index is 794. The number of nitrogens with one attached hydrogen (secondary N) is 1. The van der Waals surface area contributed by atoms with Gasteiger partial charge >= 0.3 is 0 Å². The number of hydrogen-bond acceptors (Lipinski definition) is 1. The summed E-state index contributed by atoms with van der Waals surface area (Å²) in [5, 5.41) is 3.99. The van der Waals surface area contributed by atoms with E-state index in [-0.39, 0.29) is 11.7 Å². The smallest absolute Gasteiger partial charge is 0.222 e. The summed E-state index contributed by atoms with van der Waals surface area (Å²) in [7, 11) is 0. The molecule has 4 heteroatoms. The molecule has 1 amide bonds. The van der Waals surface area contributed by atoms with Crippen molar-refractivity contribution in [2.75, 3.05) is 0 Å². The maximum absolute atomic E-state index is 13.1. The average Bonchev–Trinajstić information content (AvgIpc) is 2.94. The van der Waals surface area contributed by atoms with Crippen molar-refractivity contribution in [2.45, 2.75) is 19.5 Å². The van der Waals surface area contributed by atoms with E-state index in [2.05, 4.69) is 16.0 Å². The van der Waals surface area contributed by atoms with E-state index in [1.807, 2.05) is 30.5 Å². The summed E-state index contributed by atoms with van der Waals surface area (Å²) in [6.07, 6.45) is 2.39. The van der Waals surface area contributed by atoms with Crippen molar-refractivity contribution < 1.29 is 9.18 Å². The average molecular weight is 296 g/mol. The molecule has 1 N–H and O–H groups in total. The monoisotopic (exact) mass is 296 g/mol. The van der Waals surface area contributed by atoms with Crippen LogP contribution in [0.4, 0.5) is 4.39 Å². The van der Waals surface area contributed by atoms with E-state index < -0.39 is 0 Å². The summed E-state index contributed by atoms with van der Waals surface area (Å²) in [6.45, 7) is 0.978. The number of para-hydroxylation sites is 1. The second-order valence-electron chi connectivity index (χ2n) is 5.22. The van der Waals surface area contributed by atoms with Gasteiger partial charge in [-0.15, -0.1) is 0 Å². The van der Waals surface area contributed by atoms with Gasteiger partial charge in [-0.3, -0.25) is 4.79 Å². The fraction of sp³-hybridized carbons (Fsp3) is 0.167. The second-order valence-corrected chi connectivity index (χ2v) is 5.22. The Hall–Kier alpha value is -2.62. The number of hydrogen-bond donors (Lipinski definition) is 1. The van der Waals surface area contributed by atoms with Gasteiger partial charge < -0.3 is 9.88 Å². The highest BCUT2D eigenvalue weighted by Crippen LogP contribution is 2.15. The van der Waals surface area contributed by atoms with Crippen LogP contribution in [-0.4, -0.2) is 10.5 Å². The van der Waals surface area contributed by atoms with Gasteiger partial charge in [0.1, 0.15) is 5.82 Å². The minimum Gasteiger partial charge on any atom is -0.352 e. The van der Waals surface area contributed by atoms with Crippen LogP contribution in [0, 0.1) is 5.82 Å². The summed E-state index contributed by atoms with van der Waals surface area (Å²) in [4.78, 5) is 11.9. The molecule has 3 aromatic rings. The largest absolute Gasteiger partial charge is 0.352 e. The third-order valence-corrected chi connectivity index (χ3v) is 3.64. The van der Waals surface area contributed by atoms with Crippen molar-refractivity contribution in [3.05, 3.63) is 72.2 Å². The highest BCUT2D eigenvalue weighted by Gasteiger charge is 2.05. The number of carbonyl (C=O) groups is 1. The van der Waals surface area contributed by atoms with Gasteiger partial charge in [-0.2, -0.15) is 0 Å². The molecule has 3 nitrogen and oxygen atoms in total. The maximum Gasteiger partial charge on any atom is 0.222 e. The Labute approximate surface area is 128 Å². The van der Waals surface area contributed by atoms with Gasteiger partial charge in [0.2, 0.25) is 5.91 Å². The van der Waals surface area contributed by atoms with E-state index in [0.717, 1.165) is 11.1 Å². The lowest BCUT2D eigenvalue weighted by Crippen LogP contribution is -2.23. The minimum atomic E-state index is -0.287. The van der Waals surface area contributed by atoms with Crippen LogP contribution in [0.25, 0.3) is 10.9 Å². The minimum absolute atomic E-state index is 0.0398. The lowest BCUT2D eigenvalue weighted by Gasteiger charge is -2.07. The number of rotatable bonds is 5. The van der Waals surface area contributed by atoms with Gasteiger partial charge in [-0.1, -0.05) is 30.3 Å². The van der Waals surface area contributed by atoms with E-state index in [1.54, 1.807) is 12.1 Å². The molecule has 1 heterocycles. The predicted octanol–water partition coefficient (Wildman–Crippen LogP) is 3.49. The Kier molecular flexibility index (Phi) is 4.19. The molecule has 112 valence electrons. The Balaban J connectivity index is 1.54. The lowest BCUT2D eigenvalue weighted by atomic mass is 10.2. The van der Waals surface area contributed by atoms with Gasteiger partial charge in [0.15, 0.2) is 0 Å². The molecule has 2 aromatic carbocycles. The molecule has 3 rings (SSSR count). The van der Waals surface area contributed by atoms with Crippen LogP contribution in [0.1, 0.15) is 12.0 Å². The number of aryl methyl sites for hydroxylation is 1. The first-order valence-corrected chi connectivity index (χ1v) is 7.27. The lowest BCUT2D eigenvalue weighted by molar-refractivity contribution is -0.121. The highest BCUT2D eigenvalue weighted by molar-refractivity contribution is 5.80. The van der Waals surface area contributed by atoms with E-state index >= 15 is 0 Å². The molecular formula is C18H17FN2O. The first kappa shape index (κ1) is 14.3. The van der Waals surface area contributed by atoms with Crippen LogP contribution < -0.4 is 5.32 Å². The molecule has 0 saturated carbocycles. The number of halogens is 1. The molecule has 0 aliphatic heterocycles. The summed E-state index contributed by atoms with van der Waals surface area (Å²) in [5.74, 6) is -0.326. The topological polar surface area (TPSA) is 34.0 Å². The van der Waals surface area contributed by atoms with Crippen LogP contribution >= 0.6 is 0 Å². The molecule has 1 aromatic heterocycles. The zero-order valence-corrected chi connectivity index (χ0v) is 12.1. The third-order valence-electron chi connectivity index (χ3n) is 3.64. The van der Waals surface area contributed by atoms with E-state index in [0.29, 0.717) is 19.5 Å². The van der Waals surface area contributed by atoms with Crippen LogP contribution in [0.3, 0.4) is 0 Å². The van der Waals surface area contributed by atoms with Gasteiger partial charge in [-0.05, 0) is 35.2 Å². The normalized spacial score (nSPS) is 10.8. The third kappa shape index (κ3) is 3.34. The van der Waals surface area contributed by atoms with Crippen molar-refractivity contribution in [2.24, 2.45) is 0 Å². The van der Waals surface area contributed by atoms with E-state index in [9.17, 15) is 9.18 Å². The van der Waals surface area contributed by atoms with Crippen molar-refractivity contribution in [3.63, 3.8) is 0 Å². The zero-order valence-electron chi connectivity index (χ0n) is 12.1. The molecule has 0 aliphatic rings. The number of fused-ring (bicyclic) bond motifs is 1. The predicted molar refractivity (Wildman–Crippen MR) is 84.8 cm³/mol. The fourth-order valence-corrected chi connectivity index (χ4v) is 2.49. The summed E-state index contributed by atoms with van der Waals surface area (Å²) in [5.41, 5.74) is 1.89. The first-order chi connectivity index (χ1) is 10.7. The number of nitrogens with zero attached hydrogens (tertiary/aromatic N) is 1. The van der Waals surface area contributed by atoms with Gasteiger partial charge in [0.25, 0.3) is 0 Å². The summed E-state index contributed by atoms with van der Waals surface area (Å²) in [6, 6.07) is 16.4. The summed E-state index contributed by atoms with van der Waals surface area (Å²) >= 11 is 0. The molecule has 0 bridgehead atoms. The maximum atomic E-state index is 13.1. The van der Waals surface area contributed by atoms with Crippen molar-refractivity contribution in [1.29, 1.82) is 0 Å². The SMILES string of the molecule is O=C(CCn1ccc2ccccc21)NCc1cccc(F)c1. The first-order valence-electron chi connectivity index (χ1n) is 7.27. The van der Waals surface area contributed by atoms with Crippen LogP contribution in [0.2, 0.25) is 0 Å². The highest BCUT2D eigenvalue weighted by atomic mass is 19.1. The number of benzene rings is 2. The Morgan fingerprint density at radius 1 is 1.09 bits per heavy atom. The standard InChI is InChI=1S/C18H17FN2O/c19-16-6-3-4-14(12-16)13-20-18(22)9-11-21-10-8-15-5-1-2-7-17(15)21/h1-8,10,12H,9,11,13H2,(H,20,22). The quantitative estimate of drug-likeness (QED) is 0.768. The molecule has 0 aliphatic carbocycles. The molecule has 0 radical (unpaired) electrons. The van der Waals surface area contributed by atoms with Crippen LogP contribution in [0.5, 0.6) is 0 Å². The Morgan fingerprint density at radius 2 is 1.95 bits per heavy atom. The molecular weight excluding hydrogens is 279 g/mol. The van der Waals surface area contributed by atoms with Crippen LogP contribution in [-0.2, 0) is 17.9 Å². The molecule has 0 fully saturated rings. The molecule has 22 heavy (non-hydrogen) atoms. The number of aromatic nitrogens is 1. The van der Waals surface area contributed by atoms with Crippen molar-refractivity contribution >= 4 is 16.8 Å². The van der Waals surface area contributed by atoms with Crippen molar-refractivity contribution in [3.8, 4) is 0 Å². The summed E-state index contributed by atoms with van der Waals surface area (Å²) < 4.78 is 15.1. The molecule has 0 atom stereocenters. The van der Waals surface area contributed by atoms with E-state index in [1.165, 1.54) is 17.5 Å². The molecule has 0 spiro atoms. The van der Waals surface area contributed by atoms with Gasteiger partial charge in [0.05, 0.1) is 0 Å². The van der Waals surface area contributed by atoms with Crippen molar-refractivity contribution in [1.82, 2.24) is 9.88 Å². The zero-order chi connectivity index (χ0) is 15.4. The van der Waals surface area contributed by atoms with Crippen LogP contribution in [0.15, 0.2) is 60.8 Å². The second kappa shape index (κ2) is 6.43. The molecule has 0 saturated heterocycles.